The topological polar surface area (TPSA) is 109 Å². The Morgan fingerprint density at radius 1 is 1.17 bits per heavy atom. The van der Waals surface area contributed by atoms with E-state index in [1.54, 1.807) is 17.9 Å². The molecule has 2 aromatic heterocycles. The minimum absolute atomic E-state index is 0.0680. The van der Waals surface area contributed by atoms with E-state index in [0.29, 0.717) is 43.8 Å². The van der Waals surface area contributed by atoms with Gasteiger partial charge in [0.05, 0.1) is 36.3 Å². The average Bonchev–Trinajstić information content (AvgIpc) is 3.34. The van der Waals surface area contributed by atoms with Crippen molar-refractivity contribution >= 4 is 22.5 Å². The summed E-state index contributed by atoms with van der Waals surface area (Å²) in [5.41, 5.74) is 3.30. The zero-order chi connectivity index (χ0) is 26.0. The number of hydrogen-bond acceptors (Lipinski definition) is 7. The number of nitrogens with zero attached hydrogens (tertiary/aromatic N) is 4. The van der Waals surface area contributed by atoms with Crippen LogP contribution in [-0.4, -0.2) is 66.6 Å². The maximum absolute atomic E-state index is 12.5. The average molecular weight is 511 g/mol. The number of aryl methyl sites for hydroxylation is 2. The van der Waals surface area contributed by atoms with E-state index in [0.717, 1.165) is 22.4 Å². The van der Waals surface area contributed by atoms with Crippen molar-refractivity contribution in [2.75, 3.05) is 11.9 Å². The van der Waals surface area contributed by atoms with Gasteiger partial charge < -0.3 is 30.2 Å². The summed E-state index contributed by atoms with van der Waals surface area (Å²) in [4.78, 5) is 4.50. The molecule has 2 atom stereocenters. The fraction of sp³-hybridized carbons (Fsp3) is 0.583. The van der Waals surface area contributed by atoms with Crippen molar-refractivity contribution in [3.63, 3.8) is 0 Å². The van der Waals surface area contributed by atoms with Gasteiger partial charge in [-0.2, -0.15) is 18.3 Å². The van der Waals surface area contributed by atoms with Gasteiger partial charge in [0.15, 0.2) is 11.9 Å². The number of anilines is 2. The van der Waals surface area contributed by atoms with Crippen LogP contribution >= 0.6 is 0 Å². The fourth-order valence-electron chi connectivity index (χ4n) is 4.48. The van der Waals surface area contributed by atoms with Crippen molar-refractivity contribution in [3.05, 3.63) is 30.2 Å². The van der Waals surface area contributed by atoms with Gasteiger partial charge in [0.1, 0.15) is 11.3 Å². The molecule has 1 aromatic carbocycles. The number of nitrogens with one attached hydrogen (secondary N) is 2. The van der Waals surface area contributed by atoms with Crippen LogP contribution in [0.5, 0.6) is 5.75 Å². The molecule has 0 aliphatic heterocycles. The van der Waals surface area contributed by atoms with Gasteiger partial charge in [-0.05, 0) is 39.5 Å². The first kappa shape index (κ1) is 26.2. The highest BCUT2D eigenvalue weighted by atomic mass is 19.4. The molecule has 4 rings (SSSR count). The molecule has 198 valence electrons. The number of rotatable bonds is 9. The lowest BCUT2D eigenvalue weighted by Gasteiger charge is -2.30. The monoisotopic (exact) mass is 510 g/mol. The predicted octanol–water partition coefficient (Wildman–Crippen LogP) is 3.41. The molecule has 0 saturated heterocycles. The highest BCUT2D eigenvalue weighted by Crippen LogP contribution is 2.33. The lowest BCUT2D eigenvalue weighted by molar-refractivity contribution is -0.202. The summed E-state index contributed by atoms with van der Waals surface area (Å²) >= 11 is 0. The maximum Gasteiger partial charge on any atom is 0.415 e. The summed E-state index contributed by atoms with van der Waals surface area (Å²) in [6.07, 6.45) is -3.13. The largest absolute Gasteiger partial charge is 0.490 e. The van der Waals surface area contributed by atoms with Crippen LogP contribution < -0.4 is 15.4 Å². The van der Waals surface area contributed by atoms with E-state index >= 15 is 0 Å². The number of alkyl halides is 3. The van der Waals surface area contributed by atoms with Crippen LogP contribution in [0.4, 0.5) is 24.7 Å². The SMILES string of the molecule is Cc1cc(Nc2cc(O[C@H]3CC[C@@H](NC[C@@H](O)C(F)(F)F)CC3)cc3c2ncn3C)nn1CC(C)O. The van der Waals surface area contributed by atoms with Gasteiger partial charge >= 0.3 is 6.18 Å². The van der Waals surface area contributed by atoms with E-state index in [1.165, 1.54) is 0 Å². The molecule has 2 heterocycles. The van der Waals surface area contributed by atoms with Crippen molar-refractivity contribution in [1.29, 1.82) is 0 Å². The number of fused-ring (bicyclic) bond motifs is 1. The van der Waals surface area contributed by atoms with Crippen molar-refractivity contribution in [2.45, 2.75) is 76.6 Å². The third-order valence-electron chi connectivity index (χ3n) is 6.44. The second-order valence-corrected chi connectivity index (χ2v) is 9.58. The molecule has 1 fully saturated rings. The van der Waals surface area contributed by atoms with E-state index < -0.39 is 24.9 Å². The summed E-state index contributed by atoms with van der Waals surface area (Å²) in [5.74, 6) is 1.29. The van der Waals surface area contributed by atoms with E-state index in [4.69, 9.17) is 4.74 Å². The van der Waals surface area contributed by atoms with Crippen molar-refractivity contribution in [3.8, 4) is 5.75 Å². The zero-order valence-electron chi connectivity index (χ0n) is 20.6. The Morgan fingerprint density at radius 3 is 2.56 bits per heavy atom. The summed E-state index contributed by atoms with van der Waals surface area (Å²) in [6, 6.07) is 5.62. The van der Waals surface area contributed by atoms with Gasteiger partial charge in [-0.25, -0.2) is 4.98 Å². The molecule has 36 heavy (non-hydrogen) atoms. The molecule has 12 heteroatoms. The molecular weight excluding hydrogens is 477 g/mol. The van der Waals surface area contributed by atoms with Crippen LogP contribution in [0.3, 0.4) is 0 Å². The first-order valence-electron chi connectivity index (χ1n) is 12.1. The van der Waals surface area contributed by atoms with Gasteiger partial charge in [0, 0.05) is 43.5 Å². The first-order chi connectivity index (χ1) is 17.0. The summed E-state index contributed by atoms with van der Waals surface area (Å²) in [7, 11) is 1.90. The quantitative estimate of drug-likeness (QED) is 0.349. The van der Waals surface area contributed by atoms with Crippen LogP contribution in [0.1, 0.15) is 38.3 Å². The van der Waals surface area contributed by atoms with Crippen LogP contribution in [-0.2, 0) is 13.6 Å². The van der Waals surface area contributed by atoms with Gasteiger partial charge in [-0.15, -0.1) is 0 Å². The van der Waals surface area contributed by atoms with E-state index in [2.05, 4.69) is 20.7 Å². The Hall–Kier alpha value is -2.83. The van der Waals surface area contributed by atoms with Crippen molar-refractivity contribution in [1.82, 2.24) is 24.6 Å². The Kier molecular flexibility index (Phi) is 7.76. The van der Waals surface area contributed by atoms with Crippen molar-refractivity contribution < 1.29 is 28.1 Å². The summed E-state index contributed by atoms with van der Waals surface area (Å²) in [6.45, 7) is 3.52. The molecule has 0 bridgehead atoms. The molecule has 3 aromatic rings. The molecule has 0 spiro atoms. The standard InChI is InChI=1S/C24H33F3N6O3/c1-14-8-22(31-33(14)12-15(2)34)30-19-9-18(10-20-23(19)29-13-32(20)3)36-17-6-4-16(5-7-17)28-11-21(35)24(25,26)27/h8-10,13,15-17,21,28,34-35H,4-7,11-12H2,1-3H3,(H,30,31)/t15?,16-,17+,21-/m1/s1. The maximum atomic E-state index is 12.5. The molecule has 1 aliphatic carbocycles. The normalized spacial score (nSPS) is 20.4. The van der Waals surface area contributed by atoms with E-state index in [-0.39, 0.29) is 12.1 Å². The van der Waals surface area contributed by atoms with Gasteiger partial charge in [-0.1, -0.05) is 0 Å². The third kappa shape index (κ3) is 6.29. The van der Waals surface area contributed by atoms with E-state index in [1.807, 2.05) is 36.7 Å². The number of imidazole rings is 1. The minimum atomic E-state index is -4.61. The Balaban J connectivity index is 1.42. The van der Waals surface area contributed by atoms with Crippen LogP contribution in [0, 0.1) is 6.92 Å². The highest BCUT2D eigenvalue weighted by Gasteiger charge is 2.38. The van der Waals surface area contributed by atoms with Gasteiger partial charge in [0.2, 0.25) is 0 Å². The van der Waals surface area contributed by atoms with Crippen LogP contribution in [0.15, 0.2) is 24.5 Å². The molecule has 0 radical (unpaired) electrons. The smallest absolute Gasteiger partial charge is 0.415 e. The Labute approximate surface area is 207 Å². The molecule has 0 amide bonds. The molecule has 1 unspecified atom stereocenters. The minimum Gasteiger partial charge on any atom is -0.490 e. The summed E-state index contributed by atoms with van der Waals surface area (Å²) < 4.78 is 47.5. The lowest BCUT2D eigenvalue weighted by atomic mass is 9.93. The third-order valence-corrected chi connectivity index (χ3v) is 6.44. The zero-order valence-corrected chi connectivity index (χ0v) is 20.6. The fourth-order valence-corrected chi connectivity index (χ4v) is 4.48. The first-order valence-corrected chi connectivity index (χ1v) is 12.1. The van der Waals surface area contributed by atoms with Crippen molar-refractivity contribution in [2.24, 2.45) is 7.05 Å². The number of aromatic nitrogens is 4. The number of hydrogen-bond donors (Lipinski definition) is 4. The Morgan fingerprint density at radius 2 is 1.89 bits per heavy atom. The second kappa shape index (κ2) is 10.7. The second-order valence-electron chi connectivity index (χ2n) is 9.58. The molecule has 4 N–H and O–H groups in total. The van der Waals surface area contributed by atoms with Crippen LogP contribution in [0.25, 0.3) is 11.0 Å². The Bertz CT molecular complexity index is 1170. The lowest BCUT2D eigenvalue weighted by Crippen LogP contribution is -2.44. The predicted molar refractivity (Wildman–Crippen MR) is 129 cm³/mol. The molecular formula is C24H33F3N6O3. The molecule has 9 nitrogen and oxygen atoms in total. The molecule has 1 aliphatic rings. The number of halogens is 3. The number of aliphatic hydroxyl groups is 2. The van der Waals surface area contributed by atoms with Gasteiger partial charge in [-0.3, -0.25) is 4.68 Å². The number of benzene rings is 1. The number of aliphatic hydroxyl groups excluding tert-OH is 2. The highest BCUT2D eigenvalue weighted by molar-refractivity contribution is 5.91. The number of ether oxygens (including phenoxy) is 1. The van der Waals surface area contributed by atoms with Crippen LogP contribution in [0.2, 0.25) is 0 Å². The van der Waals surface area contributed by atoms with E-state index in [9.17, 15) is 23.4 Å². The summed E-state index contributed by atoms with van der Waals surface area (Å²) in [5, 5.41) is 29.6. The molecule has 1 saturated carbocycles. The van der Waals surface area contributed by atoms with Gasteiger partial charge in [0.25, 0.3) is 0 Å².